The Bertz CT molecular complexity index is 806. The first-order valence-corrected chi connectivity index (χ1v) is 7.87. The topological polar surface area (TPSA) is 80.2 Å². The lowest BCUT2D eigenvalue weighted by molar-refractivity contribution is -0.123. The lowest BCUT2D eigenvalue weighted by Crippen LogP contribution is -2.24. The van der Waals surface area contributed by atoms with Gasteiger partial charge in [-0.2, -0.15) is 5.10 Å². The SMILES string of the molecule is COc1cc(/C=N/NC(=O)COc2ccc(C)cc2C)cc(Cl)c1O. The number of nitrogens with zero attached hydrogens (tertiary/aromatic N) is 1. The number of ether oxygens (including phenoxy) is 2. The highest BCUT2D eigenvalue weighted by atomic mass is 35.5. The first kappa shape index (κ1) is 18.6. The second kappa shape index (κ2) is 8.39. The Hall–Kier alpha value is -2.73. The van der Waals surface area contributed by atoms with E-state index in [-0.39, 0.29) is 23.1 Å². The number of hydrogen-bond donors (Lipinski definition) is 2. The molecule has 6 nitrogen and oxygen atoms in total. The normalized spacial score (nSPS) is 10.7. The molecule has 25 heavy (non-hydrogen) atoms. The van der Waals surface area contributed by atoms with Gasteiger partial charge in [0.1, 0.15) is 5.75 Å². The molecule has 0 aliphatic rings. The van der Waals surface area contributed by atoms with Crippen LogP contribution in [0.5, 0.6) is 17.2 Å². The van der Waals surface area contributed by atoms with Gasteiger partial charge in [0.05, 0.1) is 18.3 Å². The highest BCUT2D eigenvalue weighted by Crippen LogP contribution is 2.34. The first-order chi connectivity index (χ1) is 11.9. The molecule has 0 aromatic heterocycles. The fourth-order valence-electron chi connectivity index (χ4n) is 2.14. The van der Waals surface area contributed by atoms with Crippen LogP contribution in [0.1, 0.15) is 16.7 Å². The Morgan fingerprint density at radius 1 is 1.28 bits per heavy atom. The van der Waals surface area contributed by atoms with Crippen molar-refractivity contribution in [3.63, 3.8) is 0 Å². The average Bonchev–Trinajstić information content (AvgIpc) is 2.57. The van der Waals surface area contributed by atoms with Crippen molar-refractivity contribution in [1.82, 2.24) is 5.43 Å². The molecule has 0 aliphatic carbocycles. The number of aromatic hydroxyl groups is 1. The Balaban J connectivity index is 1.91. The molecule has 0 aliphatic heterocycles. The molecule has 0 fully saturated rings. The van der Waals surface area contributed by atoms with Gasteiger partial charge in [-0.1, -0.05) is 29.3 Å². The second-order valence-corrected chi connectivity index (χ2v) is 5.81. The van der Waals surface area contributed by atoms with E-state index in [9.17, 15) is 9.90 Å². The van der Waals surface area contributed by atoms with Crippen LogP contribution in [0.4, 0.5) is 0 Å². The number of hydrazone groups is 1. The predicted molar refractivity (Wildman–Crippen MR) is 96.8 cm³/mol. The molecule has 0 heterocycles. The van der Waals surface area contributed by atoms with Crippen molar-refractivity contribution < 1.29 is 19.4 Å². The summed E-state index contributed by atoms with van der Waals surface area (Å²) in [4.78, 5) is 11.8. The molecular weight excluding hydrogens is 344 g/mol. The molecule has 2 aromatic rings. The highest BCUT2D eigenvalue weighted by molar-refractivity contribution is 6.32. The molecular formula is C18H19ClN2O4. The monoisotopic (exact) mass is 362 g/mol. The van der Waals surface area contributed by atoms with E-state index >= 15 is 0 Å². The van der Waals surface area contributed by atoms with Gasteiger partial charge >= 0.3 is 0 Å². The first-order valence-electron chi connectivity index (χ1n) is 7.49. The molecule has 0 atom stereocenters. The minimum Gasteiger partial charge on any atom is -0.503 e. The van der Waals surface area contributed by atoms with Gasteiger partial charge in [0, 0.05) is 0 Å². The number of benzene rings is 2. The zero-order valence-corrected chi connectivity index (χ0v) is 14.9. The molecule has 0 bridgehead atoms. The number of halogens is 1. The van der Waals surface area contributed by atoms with Crippen LogP contribution in [0.2, 0.25) is 5.02 Å². The molecule has 2 N–H and O–H groups in total. The summed E-state index contributed by atoms with van der Waals surface area (Å²) < 4.78 is 10.5. The lowest BCUT2D eigenvalue weighted by Gasteiger charge is -2.08. The van der Waals surface area contributed by atoms with Crippen LogP contribution < -0.4 is 14.9 Å². The van der Waals surface area contributed by atoms with Gasteiger partial charge in [-0.3, -0.25) is 4.79 Å². The average molecular weight is 363 g/mol. The molecule has 1 amide bonds. The number of rotatable bonds is 6. The van der Waals surface area contributed by atoms with E-state index in [0.717, 1.165) is 11.1 Å². The van der Waals surface area contributed by atoms with Crippen molar-refractivity contribution in [2.75, 3.05) is 13.7 Å². The largest absolute Gasteiger partial charge is 0.503 e. The zero-order valence-electron chi connectivity index (χ0n) is 14.2. The maximum atomic E-state index is 11.8. The van der Waals surface area contributed by atoms with Gasteiger partial charge in [-0.05, 0) is 43.2 Å². The second-order valence-electron chi connectivity index (χ2n) is 5.40. The van der Waals surface area contributed by atoms with E-state index in [1.165, 1.54) is 19.4 Å². The third-order valence-electron chi connectivity index (χ3n) is 3.36. The summed E-state index contributed by atoms with van der Waals surface area (Å²) in [6.45, 7) is 3.75. The van der Waals surface area contributed by atoms with Crippen LogP contribution in [0.25, 0.3) is 0 Å². The van der Waals surface area contributed by atoms with Crippen molar-refractivity contribution in [2.24, 2.45) is 5.10 Å². The standard InChI is InChI=1S/C18H19ClN2O4/c1-11-4-5-15(12(2)6-11)25-10-17(22)21-20-9-13-7-14(19)18(23)16(8-13)24-3/h4-9,23H,10H2,1-3H3,(H,21,22)/b20-9+. The number of amides is 1. The maximum absolute atomic E-state index is 11.8. The van der Waals surface area contributed by atoms with Crippen molar-refractivity contribution in [3.8, 4) is 17.2 Å². The molecule has 0 unspecified atom stereocenters. The number of methoxy groups -OCH3 is 1. The lowest BCUT2D eigenvalue weighted by atomic mass is 10.1. The van der Waals surface area contributed by atoms with Crippen molar-refractivity contribution in [2.45, 2.75) is 13.8 Å². The molecule has 0 saturated heterocycles. The summed E-state index contributed by atoms with van der Waals surface area (Å²) in [5.74, 6) is 0.332. The Morgan fingerprint density at radius 3 is 2.72 bits per heavy atom. The Kier molecular flexibility index (Phi) is 6.25. The van der Waals surface area contributed by atoms with Gasteiger partial charge in [-0.15, -0.1) is 0 Å². The van der Waals surface area contributed by atoms with Crippen LogP contribution >= 0.6 is 11.6 Å². The fourth-order valence-corrected chi connectivity index (χ4v) is 2.36. The number of nitrogens with one attached hydrogen (secondary N) is 1. The number of phenols is 1. The van der Waals surface area contributed by atoms with E-state index in [4.69, 9.17) is 21.1 Å². The fraction of sp³-hybridized carbons (Fsp3) is 0.222. The summed E-state index contributed by atoms with van der Waals surface area (Å²) in [7, 11) is 1.42. The summed E-state index contributed by atoms with van der Waals surface area (Å²) in [6, 6.07) is 8.77. The maximum Gasteiger partial charge on any atom is 0.277 e. The van der Waals surface area contributed by atoms with Gasteiger partial charge in [0.2, 0.25) is 0 Å². The third kappa shape index (κ3) is 5.12. The van der Waals surface area contributed by atoms with Crippen molar-refractivity contribution >= 4 is 23.7 Å². The third-order valence-corrected chi connectivity index (χ3v) is 3.65. The van der Waals surface area contributed by atoms with E-state index in [1.807, 2.05) is 32.0 Å². The molecule has 0 spiro atoms. The minimum absolute atomic E-state index is 0.130. The molecule has 0 saturated carbocycles. The quantitative estimate of drug-likeness (QED) is 0.611. The van der Waals surface area contributed by atoms with Crippen LogP contribution in [0.15, 0.2) is 35.4 Å². The van der Waals surface area contributed by atoms with E-state index in [1.54, 1.807) is 6.07 Å². The Morgan fingerprint density at radius 2 is 2.04 bits per heavy atom. The summed E-state index contributed by atoms with van der Waals surface area (Å²) in [6.07, 6.45) is 1.39. The van der Waals surface area contributed by atoms with Crippen molar-refractivity contribution in [3.05, 3.63) is 52.0 Å². The number of carbonyl (C=O) groups excluding carboxylic acids is 1. The summed E-state index contributed by atoms with van der Waals surface area (Å²) in [5, 5.41) is 13.6. The van der Waals surface area contributed by atoms with Gasteiger partial charge in [-0.25, -0.2) is 5.43 Å². The van der Waals surface area contributed by atoms with Gasteiger partial charge in [0.25, 0.3) is 5.91 Å². The number of phenolic OH excluding ortho intramolecular Hbond substituents is 1. The van der Waals surface area contributed by atoms with E-state index < -0.39 is 5.91 Å². The summed E-state index contributed by atoms with van der Waals surface area (Å²) in [5.41, 5.74) is 5.01. The van der Waals surface area contributed by atoms with Crippen LogP contribution in [0.3, 0.4) is 0 Å². The molecule has 7 heteroatoms. The molecule has 0 radical (unpaired) electrons. The number of aryl methyl sites for hydroxylation is 2. The van der Waals surface area contributed by atoms with Crippen molar-refractivity contribution in [1.29, 1.82) is 0 Å². The minimum atomic E-state index is -0.395. The van der Waals surface area contributed by atoms with Crippen LogP contribution in [0, 0.1) is 13.8 Å². The van der Waals surface area contributed by atoms with E-state index in [2.05, 4.69) is 10.5 Å². The Labute approximate surface area is 151 Å². The predicted octanol–water partition coefficient (Wildman–Crippen LogP) is 3.20. The zero-order chi connectivity index (χ0) is 18.4. The van der Waals surface area contributed by atoms with E-state index in [0.29, 0.717) is 11.3 Å². The smallest absolute Gasteiger partial charge is 0.277 e. The molecule has 132 valence electrons. The van der Waals surface area contributed by atoms with Crippen LogP contribution in [-0.4, -0.2) is 30.9 Å². The highest BCUT2D eigenvalue weighted by Gasteiger charge is 2.08. The number of hydrogen-bond acceptors (Lipinski definition) is 5. The van der Waals surface area contributed by atoms with Gasteiger partial charge in [0.15, 0.2) is 18.1 Å². The summed E-state index contributed by atoms with van der Waals surface area (Å²) >= 11 is 5.88. The molecule has 2 rings (SSSR count). The number of carbonyl (C=O) groups is 1. The van der Waals surface area contributed by atoms with Gasteiger partial charge < -0.3 is 14.6 Å². The van der Waals surface area contributed by atoms with Crippen LogP contribution in [-0.2, 0) is 4.79 Å². The molecule has 2 aromatic carbocycles.